The first kappa shape index (κ1) is 14.0. The molecule has 0 radical (unpaired) electrons. The van der Waals surface area contributed by atoms with E-state index in [0.29, 0.717) is 6.04 Å². The van der Waals surface area contributed by atoms with Gasteiger partial charge in [0.05, 0.1) is 3.79 Å². The molecule has 2 nitrogen and oxygen atoms in total. The summed E-state index contributed by atoms with van der Waals surface area (Å²) in [6, 6.07) is 2.87. The summed E-state index contributed by atoms with van der Waals surface area (Å²) in [6.07, 6.45) is 2.49. The van der Waals surface area contributed by atoms with E-state index in [1.165, 1.54) is 26.0 Å². The topological polar surface area (TPSA) is 15.3 Å². The van der Waals surface area contributed by atoms with E-state index < -0.39 is 0 Å². The molecule has 2 heterocycles. The van der Waals surface area contributed by atoms with E-state index in [4.69, 9.17) is 0 Å². The number of hydrogen-bond acceptors (Lipinski definition) is 3. The summed E-state index contributed by atoms with van der Waals surface area (Å²) in [7, 11) is 0. The van der Waals surface area contributed by atoms with Crippen molar-refractivity contribution >= 4 is 43.2 Å². The Morgan fingerprint density at radius 3 is 2.65 bits per heavy atom. The highest BCUT2D eigenvalue weighted by Crippen LogP contribution is 2.39. The second kappa shape index (κ2) is 6.66. The van der Waals surface area contributed by atoms with Crippen LogP contribution < -0.4 is 5.32 Å². The molecule has 1 aromatic heterocycles. The fraction of sp³-hybridized carbons (Fsp3) is 0.667. The standard InChI is InChI=1S/C12H18Br2N2S/c1-2-3-10(16-6-4-15-5-7-16)11-8-9(13)12(14)17-11/h8,10,15H,2-7H2,1H3/t10-/m1/s1. The average molecular weight is 382 g/mol. The van der Waals surface area contributed by atoms with Gasteiger partial charge in [-0.3, -0.25) is 4.90 Å². The van der Waals surface area contributed by atoms with E-state index in [1.807, 2.05) is 11.3 Å². The van der Waals surface area contributed by atoms with Gasteiger partial charge in [-0.2, -0.15) is 0 Å². The molecular weight excluding hydrogens is 364 g/mol. The molecule has 1 saturated heterocycles. The minimum atomic E-state index is 0.592. The smallest absolute Gasteiger partial charge is 0.0843 e. The van der Waals surface area contributed by atoms with Gasteiger partial charge in [-0.15, -0.1) is 11.3 Å². The third kappa shape index (κ3) is 3.53. The molecule has 0 bridgehead atoms. The average Bonchev–Trinajstić information content (AvgIpc) is 2.67. The van der Waals surface area contributed by atoms with Gasteiger partial charge in [0, 0.05) is 41.6 Å². The molecular formula is C12H18Br2N2S. The second-order valence-corrected chi connectivity index (χ2v) is 7.62. The van der Waals surface area contributed by atoms with E-state index in [9.17, 15) is 0 Å². The van der Waals surface area contributed by atoms with Crippen LogP contribution in [0.5, 0.6) is 0 Å². The van der Waals surface area contributed by atoms with Crippen LogP contribution in [-0.4, -0.2) is 31.1 Å². The number of piperazine rings is 1. The highest BCUT2D eigenvalue weighted by atomic mass is 79.9. The Morgan fingerprint density at radius 2 is 2.12 bits per heavy atom. The second-order valence-electron chi connectivity index (χ2n) is 4.36. The van der Waals surface area contributed by atoms with Crippen molar-refractivity contribution in [3.63, 3.8) is 0 Å². The Bertz CT molecular complexity index is 342. The van der Waals surface area contributed by atoms with Crippen molar-refractivity contribution in [2.24, 2.45) is 0 Å². The number of nitrogens with one attached hydrogen (secondary N) is 1. The summed E-state index contributed by atoms with van der Waals surface area (Å²) in [5.74, 6) is 0. The number of halogens is 2. The van der Waals surface area contributed by atoms with Crippen LogP contribution in [0.25, 0.3) is 0 Å². The Labute approximate surface area is 124 Å². The molecule has 1 aliphatic rings. The lowest BCUT2D eigenvalue weighted by atomic mass is 10.1. The van der Waals surface area contributed by atoms with Crippen LogP contribution >= 0.6 is 43.2 Å². The molecule has 17 heavy (non-hydrogen) atoms. The zero-order valence-corrected chi connectivity index (χ0v) is 14.0. The van der Waals surface area contributed by atoms with Crippen molar-refractivity contribution in [3.05, 3.63) is 19.2 Å². The van der Waals surface area contributed by atoms with Gasteiger partial charge in [-0.1, -0.05) is 13.3 Å². The monoisotopic (exact) mass is 380 g/mol. The molecule has 1 N–H and O–H groups in total. The molecule has 1 aromatic rings. The number of hydrogen-bond donors (Lipinski definition) is 1. The van der Waals surface area contributed by atoms with Crippen molar-refractivity contribution in [2.75, 3.05) is 26.2 Å². The summed E-state index contributed by atoms with van der Waals surface area (Å²) in [6.45, 7) is 6.84. The number of rotatable bonds is 4. The molecule has 1 aliphatic heterocycles. The van der Waals surface area contributed by atoms with Gasteiger partial charge in [-0.05, 0) is 44.3 Å². The first-order chi connectivity index (χ1) is 8.22. The van der Waals surface area contributed by atoms with Crippen molar-refractivity contribution in [3.8, 4) is 0 Å². The van der Waals surface area contributed by atoms with Crippen LogP contribution in [0.4, 0.5) is 0 Å². The van der Waals surface area contributed by atoms with E-state index in [-0.39, 0.29) is 0 Å². The largest absolute Gasteiger partial charge is 0.314 e. The van der Waals surface area contributed by atoms with Crippen molar-refractivity contribution in [2.45, 2.75) is 25.8 Å². The quantitative estimate of drug-likeness (QED) is 0.847. The molecule has 96 valence electrons. The molecule has 1 atom stereocenters. The Balaban J connectivity index is 2.15. The first-order valence-electron chi connectivity index (χ1n) is 6.12. The zero-order chi connectivity index (χ0) is 12.3. The molecule has 0 unspecified atom stereocenters. The maximum atomic E-state index is 3.60. The van der Waals surface area contributed by atoms with Crippen molar-refractivity contribution < 1.29 is 0 Å². The summed E-state index contributed by atoms with van der Waals surface area (Å²) in [5.41, 5.74) is 0. The Kier molecular flexibility index (Phi) is 5.49. The molecule has 0 spiro atoms. The first-order valence-corrected chi connectivity index (χ1v) is 8.52. The lowest BCUT2D eigenvalue weighted by Gasteiger charge is -2.34. The van der Waals surface area contributed by atoms with E-state index in [0.717, 1.165) is 26.2 Å². The number of thiophene rings is 1. The van der Waals surface area contributed by atoms with E-state index in [1.54, 1.807) is 0 Å². The molecule has 0 saturated carbocycles. The summed E-state index contributed by atoms with van der Waals surface area (Å²) < 4.78 is 2.40. The van der Waals surface area contributed by atoms with Crippen LogP contribution in [0.1, 0.15) is 30.7 Å². The third-order valence-electron chi connectivity index (χ3n) is 3.15. The molecule has 0 amide bonds. The van der Waals surface area contributed by atoms with Crippen LogP contribution in [0.2, 0.25) is 0 Å². The Morgan fingerprint density at radius 1 is 1.41 bits per heavy atom. The third-order valence-corrected chi connectivity index (χ3v) is 6.50. The highest BCUT2D eigenvalue weighted by Gasteiger charge is 2.23. The van der Waals surface area contributed by atoms with Crippen molar-refractivity contribution in [1.29, 1.82) is 0 Å². The summed E-state index contributed by atoms with van der Waals surface area (Å²) in [5, 5.41) is 3.42. The predicted octanol–water partition coefficient (Wildman–Crippen LogP) is 4.02. The lowest BCUT2D eigenvalue weighted by Crippen LogP contribution is -2.45. The highest BCUT2D eigenvalue weighted by molar-refractivity contribution is 9.13. The van der Waals surface area contributed by atoms with Crippen LogP contribution in [0, 0.1) is 0 Å². The van der Waals surface area contributed by atoms with Crippen LogP contribution in [0.3, 0.4) is 0 Å². The molecule has 5 heteroatoms. The zero-order valence-electron chi connectivity index (χ0n) is 10.0. The summed E-state index contributed by atoms with van der Waals surface area (Å²) >= 11 is 9.06. The van der Waals surface area contributed by atoms with E-state index >= 15 is 0 Å². The Hall–Kier alpha value is 0.580. The maximum absolute atomic E-state index is 3.60. The predicted molar refractivity (Wildman–Crippen MR) is 81.8 cm³/mol. The van der Waals surface area contributed by atoms with Gasteiger partial charge < -0.3 is 5.32 Å². The minimum Gasteiger partial charge on any atom is -0.314 e. The van der Waals surface area contributed by atoms with Gasteiger partial charge in [0.1, 0.15) is 0 Å². The van der Waals surface area contributed by atoms with Gasteiger partial charge in [-0.25, -0.2) is 0 Å². The van der Waals surface area contributed by atoms with Gasteiger partial charge >= 0.3 is 0 Å². The van der Waals surface area contributed by atoms with Gasteiger partial charge in [0.2, 0.25) is 0 Å². The fourth-order valence-corrected chi connectivity index (χ4v) is 4.56. The van der Waals surface area contributed by atoms with Gasteiger partial charge in [0.15, 0.2) is 0 Å². The SMILES string of the molecule is CCC[C@H](c1cc(Br)c(Br)s1)N1CCNCC1. The molecule has 0 aromatic carbocycles. The summed E-state index contributed by atoms with van der Waals surface area (Å²) in [4.78, 5) is 4.09. The minimum absolute atomic E-state index is 0.592. The van der Waals surface area contributed by atoms with Crippen molar-refractivity contribution in [1.82, 2.24) is 10.2 Å². The molecule has 0 aliphatic carbocycles. The van der Waals surface area contributed by atoms with Crippen LogP contribution in [0.15, 0.2) is 14.3 Å². The van der Waals surface area contributed by atoms with Gasteiger partial charge in [0.25, 0.3) is 0 Å². The lowest BCUT2D eigenvalue weighted by molar-refractivity contribution is 0.167. The van der Waals surface area contributed by atoms with E-state index in [2.05, 4.69) is 55.1 Å². The number of nitrogens with zero attached hydrogens (tertiary/aromatic N) is 1. The molecule has 1 fully saturated rings. The normalized spacial score (nSPS) is 19.5. The van der Waals surface area contributed by atoms with Crippen LogP contribution in [-0.2, 0) is 0 Å². The fourth-order valence-electron chi connectivity index (χ4n) is 2.30. The maximum Gasteiger partial charge on any atom is 0.0843 e. The molecule has 2 rings (SSSR count).